The Balaban J connectivity index is 3.24. The van der Waals surface area contributed by atoms with Crippen molar-refractivity contribution in [3.8, 4) is 11.5 Å². The first-order valence-electron chi connectivity index (χ1n) is 5.24. The molecule has 1 aromatic rings. The van der Waals surface area contributed by atoms with Crippen molar-refractivity contribution in [2.24, 2.45) is 0 Å². The smallest absolute Gasteiger partial charge is 0.308 e. The predicted octanol–water partition coefficient (Wildman–Crippen LogP) is 2.40. The molecule has 0 saturated carbocycles. The summed E-state index contributed by atoms with van der Waals surface area (Å²) in [6, 6.07) is 2.64. The molecular weight excluding hydrogens is 239 g/mol. The van der Waals surface area contributed by atoms with Gasteiger partial charge < -0.3 is 9.47 Å². The quantitative estimate of drug-likeness (QED) is 0.469. The summed E-state index contributed by atoms with van der Waals surface area (Å²) >= 11 is 0. The molecule has 0 unspecified atom stereocenters. The second-order valence-corrected chi connectivity index (χ2v) is 3.58. The van der Waals surface area contributed by atoms with Gasteiger partial charge in [0.15, 0.2) is 11.6 Å². The van der Waals surface area contributed by atoms with E-state index >= 15 is 0 Å². The van der Waals surface area contributed by atoms with Crippen LogP contribution in [-0.4, -0.2) is 11.9 Å². The van der Waals surface area contributed by atoms with E-state index in [4.69, 9.17) is 9.47 Å². The van der Waals surface area contributed by atoms with Gasteiger partial charge in [0.25, 0.3) is 0 Å². The molecule has 0 aliphatic carbocycles. The maximum Gasteiger partial charge on any atom is 0.308 e. The van der Waals surface area contributed by atoms with Crippen LogP contribution in [-0.2, 0) is 16.0 Å². The van der Waals surface area contributed by atoms with E-state index in [0.717, 1.165) is 6.92 Å². The summed E-state index contributed by atoms with van der Waals surface area (Å²) in [6.45, 7) is 5.84. The molecule has 0 saturated heterocycles. The van der Waals surface area contributed by atoms with E-state index in [2.05, 4.69) is 6.58 Å². The Morgan fingerprint density at radius 3 is 2.39 bits per heavy atom. The molecule has 96 valence electrons. The zero-order chi connectivity index (χ0) is 13.7. The second kappa shape index (κ2) is 5.95. The highest BCUT2D eigenvalue weighted by Gasteiger charge is 2.17. The van der Waals surface area contributed by atoms with Crippen LogP contribution in [0.5, 0.6) is 11.5 Å². The van der Waals surface area contributed by atoms with Gasteiger partial charge in [-0.3, -0.25) is 9.59 Å². The molecule has 0 aliphatic rings. The van der Waals surface area contributed by atoms with Crippen molar-refractivity contribution in [1.29, 1.82) is 0 Å². The van der Waals surface area contributed by atoms with Crippen molar-refractivity contribution in [3.63, 3.8) is 0 Å². The molecule has 0 amide bonds. The fourth-order valence-electron chi connectivity index (χ4n) is 1.38. The Labute approximate surface area is 104 Å². The first-order chi connectivity index (χ1) is 8.43. The molecule has 0 N–H and O–H groups in total. The third-order valence-corrected chi connectivity index (χ3v) is 1.95. The Hall–Kier alpha value is -2.17. The van der Waals surface area contributed by atoms with Crippen LogP contribution in [0.1, 0.15) is 19.4 Å². The van der Waals surface area contributed by atoms with E-state index in [9.17, 15) is 14.0 Å². The van der Waals surface area contributed by atoms with Gasteiger partial charge in [-0.25, -0.2) is 4.39 Å². The first kappa shape index (κ1) is 13.9. The van der Waals surface area contributed by atoms with Crippen LogP contribution >= 0.6 is 0 Å². The van der Waals surface area contributed by atoms with E-state index in [1.165, 1.54) is 19.1 Å². The molecule has 1 aromatic carbocycles. The van der Waals surface area contributed by atoms with Crippen LogP contribution in [0.15, 0.2) is 24.8 Å². The highest BCUT2D eigenvalue weighted by atomic mass is 19.1. The minimum Gasteiger partial charge on any atom is -0.423 e. The Bertz CT molecular complexity index is 494. The Morgan fingerprint density at radius 1 is 1.28 bits per heavy atom. The molecule has 0 heterocycles. The molecule has 0 bridgehead atoms. The fourth-order valence-corrected chi connectivity index (χ4v) is 1.38. The highest BCUT2D eigenvalue weighted by Crippen LogP contribution is 2.32. The number of hydrogen-bond donors (Lipinski definition) is 0. The summed E-state index contributed by atoms with van der Waals surface area (Å²) in [5.74, 6) is -2.59. The van der Waals surface area contributed by atoms with Crippen LogP contribution in [0.3, 0.4) is 0 Å². The molecule has 4 nitrogen and oxygen atoms in total. The maximum absolute atomic E-state index is 13.7. The lowest BCUT2D eigenvalue weighted by molar-refractivity contribution is -0.134. The van der Waals surface area contributed by atoms with E-state index in [-0.39, 0.29) is 11.5 Å². The molecule has 0 spiro atoms. The van der Waals surface area contributed by atoms with E-state index in [0.29, 0.717) is 12.0 Å². The zero-order valence-corrected chi connectivity index (χ0v) is 10.2. The second-order valence-electron chi connectivity index (χ2n) is 3.58. The van der Waals surface area contributed by atoms with Gasteiger partial charge in [0.1, 0.15) is 0 Å². The number of allylic oxidation sites excluding steroid dienone is 1. The predicted molar refractivity (Wildman–Crippen MR) is 62.9 cm³/mol. The zero-order valence-electron chi connectivity index (χ0n) is 10.2. The SMILES string of the molecule is C=CCc1cc(F)c(OC(C)=O)c(OC(C)=O)c1. The number of carbonyl (C=O) groups excluding carboxylic acids is 2. The number of benzene rings is 1. The van der Waals surface area contributed by atoms with E-state index in [1.54, 1.807) is 6.08 Å². The fraction of sp³-hybridized carbons (Fsp3) is 0.231. The molecule has 1 rings (SSSR count). The van der Waals surface area contributed by atoms with E-state index in [1.807, 2.05) is 0 Å². The summed E-state index contributed by atoms with van der Waals surface area (Å²) < 4.78 is 23.3. The van der Waals surface area contributed by atoms with Crippen molar-refractivity contribution in [2.45, 2.75) is 20.3 Å². The standard InChI is InChI=1S/C13H13FO4/c1-4-5-10-6-11(14)13(18-9(3)16)12(7-10)17-8(2)15/h4,6-7H,1,5H2,2-3H3. The summed E-state index contributed by atoms with van der Waals surface area (Å²) in [6.07, 6.45) is 1.99. The Morgan fingerprint density at radius 2 is 1.89 bits per heavy atom. The molecule has 0 radical (unpaired) electrons. The normalized spacial score (nSPS) is 9.72. The van der Waals surface area contributed by atoms with Crippen LogP contribution < -0.4 is 9.47 Å². The molecule has 0 aromatic heterocycles. The van der Waals surface area contributed by atoms with Gasteiger partial charge in [-0.15, -0.1) is 6.58 Å². The van der Waals surface area contributed by atoms with Gasteiger partial charge in [-0.2, -0.15) is 0 Å². The number of rotatable bonds is 4. The van der Waals surface area contributed by atoms with Gasteiger partial charge in [0.05, 0.1) is 0 Å². The largest absolute Gasteiger partial charge is 0.423 e. The Kier molecular flexibility index (Phi) is 4.59. The lowest BCUT2D eigenvalue weighted by atomic mass is 10.1. The minimum absolute atomic E-state index is 0.116. The highest BCUT2D eigenvalue weighted by molar-refractivity contribution is 5.73. The number of hydrogen-bond acceptors (Lipinski definition) is 4. The summed E-state index contributed by atoms with van der Waals surface area (Å²) in [5, 5.41) is 0. The number of esters is 2. The first-order valence-corrected chi connectivity index (χ1v) is 5.24. The van der Waals surface area contributed by atoms with Crippen molar-refractivity contribution < 1.29 is 23.5 Å². The maximum atomic E-state index is 13.7. The van der Waals surface area contributed by atoms with Crippen LogP contribution in [0, 0.1) is 5.82 Å². The van der Waals surface area contributed by atoms with Gasteiger partial charge >= 0.3 is 11.9 Å². The summed E-state index contributed by atoms with van der Waals surface area (Å²) in [4.78, 5) is 21.8. The summed E-state index contributed by atoms with van der Waals surface area (Å²) in [5.41, 5.74) is 0.564. The van der Waals surface area contributed by atoms with Crippen molar-refractivity contribution in [2.75, 3.05) is 0 Å². The molecule has 0 fully saturated rings. The molecule has 0 atom stereocenters. The summed E-state index contributed by atoms with van der Waals surface area (Å²) in [7, 11) is 0. The third-order valence-electron chi connectivity index (χ3n) is 1.95. The molecule has 0 aliphatic heterocycles. The average Bonchev–Trinajstić information content (AvgIpc) is 2.22. The molecule has 5 heteroatoms. The molecule has 18 heavy (non-hydrogen) atoms. The van der Waals surface area contributed by atoms with Crippen molar-refractivity contribution in [1.82, 2.24) is 0 Å². The van der Waals surface area contributed by atoms with Crippen molar-refractivity contribution >= 4 is 11.9 Å². The van der Waals surface area contributed by atoms with Crippen LogP contribution in [0.25, 0.3) is 0 Å². The number of halogens is 1. The third kappa shape index (κ3) is 3.69. The lowest BCUT2D eigenvalue weighted by Gasteiger charge is -2.11. The monoisotopic (exact) mass is 252 g/mol. The van der Waals surface area contributed by atoms with Gasteiger partial charge in [-0.05, 0) is 24.1 Å². The average molecular weight is 252 g/mol. The van der Waals surface area contributed by atoms with Gasteiger partial charge in [0, 0.05) is 13.8 Å². The van der Waals surface area contributed by atoms with Gasteiger partial charge in [0.2, 0.25) is 5.75 Å². The van der Waals surface area contributed by atoms with Crippen molar-refractivity contribution in [3.05, 3.63) is 36.2 Å². The van der Waals surface area contributed by atoms with E-state index < -0.39 is 17.8 Å². The lowest BCUT2D eigenvalue weighted by Crippen LogP contribution is -2.09. The molecular formula is C13H13FO4. The topological polar surface area (TPSA) is 52.6 Å². The van der Waals surface area contributed by atoms with Crippen LogP contribution in [0.4, 0.5) is 4.39 Å². The number of carbonyl (C=O) groups is 2. The van der Waals surface area contributed by atoms with Gasteiger partial charge in [-0.1, -0.05) is 6.08 Å². The van der Waals surface area contributed by atoms with Crippen LogP contribution in [0.2, 0.25) is 0 Å². The minimum atomic E-state index is -0.763. The number of ether oxygens (including phenoxy) is 2.